The number of benzene rings is 2. The van der Waals surface area contributed by atoms with Crippen molar-refractivity contribution < 1.29 is 17.9 Å². The van der Waals surface area contributed by atoms with Crippen LogP contribution >= 0.6 is 0 Å². The van der Waals surface area contributed by atoms with E-state index in [1.807, 2.05) is 45.0 Å². The maximum absolute atomic E-state index is 11.8. The normalized spacial score (nSPS) is 11.9. The summed E-state index contributed by atoms with van der Waals surface area (Å²) in [5, 5.41) is 11.3. The first-order chi connectivity index (χ1) is 13.5. The van der Waals surface area contributed by atoms with Crippen LogP contribution in [0.1, 0.15) is 31.9 Å². The Bertz CT molecular complexity index is 902. The number of carbonyl (C=O) groups is 1. The summed E-state index contributed by atoms with van der Waals surface area (Å²) < 4.78 is 28.0. The second kappa shape index (κ2) is 9.87. The van der Waals surface area contributed by atoms with Gasteiger partial charge in [-0.25, -0.2) is 13.6 Å². The van der Waals surface area contributed by atoms with E-state index in [1.165, 1.54) is 12.1 Å². The van der Waals surface area contributed by atoms with Crippen LogP contribution in [0.5, 0.6) is 5.75 Å². The lowest BCUT2D eigenvalue weighted by Crippen LogP contribution is -2.43. The van der Waals surface area contributed by atoms with Crippen molar-refractivity contribution >= 4 is 15.9 Å². The van der Waals surface area contributed by atoms with Crippen molar-refractivity contribution in [3.8, 4) is 5.75 Å². The van der Waals surface area contributed by atoms with E-state index in [0.717, 1.165) is 24.1 Å². The maximum Gasteiger partial charge on any atom is 0.258 e. The van der Waals surface area contributed by atoms with Crippen molar-refractivity contribution in [1.82, 2.24) is 10.6 Å². The van der Waals surface area contributed by atoms with E-state index in [9.17, 15) is 13.2 Å². The molecule has 0 bridgehead atoms. The molecule has 2 aromatic carbocycles. The molecule has 2 rings (SSSR count). The van der Waals surface area contributed by atoms with Crippen molar-refractivity contribution in [3.05, 3.63) is 59.7 Å². The third-order valence-corrected chi connectivity index (χ3v) is 4.91. The summed E-state index contributed by atoms with van der Waals surface area (Å²) in [4.78, 5) is 11.9. The number of rotatable bonds is 9. The average molecular weight is 420 g/mol. The Labute approximate surface area is 172 Å². The Balaban J connectivity index is 1.71. The predicted octanol–water partition coefficient (Wildman–Crippen LogP) is 1.96. The minimum Gasteiger partial charge on any atom is -0.484 e. The van der Waals surface area contributed by atoms with Gasteiger partial charge in [0.25, 0.3) is 5.91 Å². The molecule has 0 fully saturated rings. The topological polar surface area (TPSA) is 111 Å². The molecule has 158 valence electrons. The van der Waals surface area contributed by atoms with Crippen LogP contribution in [0.15, 0.2) is 53.4 Å². The Morgan fingerprint density at radius 3 is 2.14 bits per heavy atom. The molecule has 1 amide bonds. The first-order valence-corrected chi connectivity index (χ1v) is 10.9. The van der Waals surface area contributed by atoms with Crippen LogP contribution in [-0.4, -0.2) is 33.0 Å². The highest BCUT2D eigenvalue weighted by atomic mass is 32.2. The summed E-state index contributed by atoms with van der Waals surface area (Å²) in [5.41, 5.74) is 1.85. The molecular formula is C21H29N3O4S. The lowest BCUT2D eigenvalue weighted by atomic mass is 10.1. The van der Waals surface area contributed by atoms with Crippen molar-refractivity contribution in [1.29, 1.82) is 0 Å². The number of nitrogens with one attached hydrogen (secondary N) is 2. The standard InChI is InChI=1S/C21H29N3O4S/c1-21(2,3)24-20(25)15-28-18-8-4-17(5-9-18)14-23-13-12-16-6-10-19(11-7-16)29(22,26)27/h4-11,23H,12-15H2,1-3H3,(H,24,25)(H2,22,26,27). The predicted molar refractivity (Wildman–Crippen MR) is 113 cm³/mol. The van der Waals surface area contributed by atoms with Crippen molar-refractivity contribution in [2.45, 2.75) is 44.2 Å². The highest BCUT2D eigenvalue weighted by molar-refractivity contribution is 7.89. The highest BCUT2D eigenvalue weighted by Crippen LogP contribution is 2.13. The number of primary sulfonamides is 1. The summed E-state index contributed by atoms with van der Waals surface area (Å²) in [6.45, 7) is 7.20. The second-order valence-corrected chi connectivity index (χ2v) is 9.41. The zero-order valence-electron chi connectivity index (χ0n) is 17.1. The van der Waals surface area contributed by atoms with E-state index >= 15 is 0 Å². The molecule has 0 saturated heterocycles. The van der Waals surface area contributed by atoms with Gasteiger partial charge in [0.1, 0.15) is 5.75 Å². The number of sulfonamides is 1. The molecule has 0 aliphatic heterocycles. The number of nitrogens with two attached hydrogens (primary N) is 1. The fraction of sp³-hybridized carbons (Fsp3) is 0.381. The Morgan fingerprint density at radius 2 is 1.59 bits per heavy atom. The molecule has 0 atom stereocenters. The molecule has 8 heteroatoms. The van der Waals surface area contributed by atoms with Crippen molar-refractivity contribution in [3.63, 3.8) is 0 Å². The zero-order valence-corrected chi connectivity index (χ0v) is 17.9. The summed E-state index contributed by atoms with van der Waals surface area (Å²) in [6.07, 6.45) is 0.773. The monoisotopic (exact) mass is 419 g/mol. The highest BCUT2D eigenvalue weighted by Gasteiger charge is 2.13. The SMILES string of the molecule is CC(C)(C)NC(=O)COc1ccc(CNCCc2ccc(S(N)(=O)=O)cc2)cc1. The van der Waals surface area contributed by atoms with E-state index < -0.39 is 10.0 Å². The van der Waals surface area contributed by atoms with Gasteiger partial charge in [-0.15, -0.1) is 0 Å². The lowest BCUT2D eigenvalue weighted by Gasteiger charge is -2.20. The number of hydrogen-bond acceptors (Lipinski definition) is 5. The van der Waals surface area contributed by atoms with E-state index in [-0.39, 0.29) is 22.9 Å². The molecule has 0 aromatic heterocycles. The molecule has 0 heterocycles. The van der Waals surface area contributed by atoms with Crippen molar-refractivity contribution in [2.75, 3.05) is 13.2 Å². The van der Waals surface area contributed by atoms with Crippen LogP contribution in [-0.2, 0) is 27.8 Å². The Kier molecular flexibility index (Phi) is 7.78. The summed E-state index contributed by atoms with van der Waals surface area (Å²) in [6, 6.07) is 14.2. The van der Waals surface area contributed by atoms with Gasteiger partial charge in [0, 0.05) is 12.1 Å². The smallest absolute Gasteiger partial charge is 0.258 e. The molecule has 7 nitrogen and oxygen atoms in total. The summed E-state index contributed by atoms with van der Waals surface area (Å²) in [5.74, 6) is 0.494. The quantitative estimate of drug-likeness (QED) is 0.538. The molecule has 4 N–H and O–H groups in total. The minimum absolute atomic E-state index is 0.0148. The Hall–Kier alpha value is -2.42. The van der Waals surface area contributed by atoms with Crippen LogP contribution < -0.4 is 20.5 Å². The van der Waals surface area contributed by atoms with Crippen LogP contribution in [0.2, 0.25) is 0 Å². The summed E-state index contributed by atoms with van der Waals surface area (Å²) >= 11 is 0. The number of carbonyl (C=O) groups excluding carboxylic acids is 1. The van der Waals surface area contributed by atoms with Gasteiger partial charge in [0.15, 0.2) is 6.61 Å². The molecule has 29 heavy (non-hydrogen) atoms. The fourth-order valence-corrected chi connectivity index (χ4v) is 3.13. The van der Waals surface area contributed by atoms with Gasteiger partial charge in [-0.2, -0.15) is 0 Å². The van der Waals surface area contributed by atoms with Gasteiger partial charge >= 0.3 is 0 Å². The van der Waals surface area contributed by atoms with Crippen molar-refractivity contribution in [2.24, 2.45) is 5.14 Å². The largest absolute Gasteiger partial charge is 0.484 e. The minimum atomic E-state index is -3.65. The molecule has 0 saturated carbocycles. The van der Waals surface area contributed by atoms with Gasteiger partial charge in [0.05, 0.1) is 4.90 Å². The van der Waals surface area contributed by atoms with Gasteiger partial charge < -0.3 is 15.4 Å². The molecule has 0 radical (unpaired) electrons. The molecule has 0 spiro atoms. The van der Waals surface area contributed by atoms with Crippen LogP contribution in [0, 0.1) is 0 Å². The third-order valence-electron chi connectivity index (χ3n) is 3.98. The lowest BCUT2D eigenvalue weighted by molar-refractivity contribution is -0.124. The van der Waals surface area contributed by atoms with Crippen LogP contribution in [0.4, 0.5) is 0 Å². The molecular weight excluding hydrogens is 390 g/mol. The van der Waals surface area contributed by atoms with E-state index in [0.29, 0.717) is 12.3 Å². The second-order valence-electron chi connectivity index (χ2n) is 7.85. The van der Waals surface area contributed by atoms with Crippen LogP contribution in [0.3, 0.4) is 0 Å². The molecule has 0 aliphatic carbocycles. The first kappa shape index (κ1) is 22.9. The third kappa shape index (κ3) is 8.64. The summed E-state index contributed by atoms with van der Waals surface area (Å²) in [7, 11) is -3.65. The number of ether oxygens (including phenoxy) is 1. The van der Waals surface area contributed by atoms with Crippen LogP contribution in [0.25, 0.3) is 0 Å². The van der Waals surface area contributed by atoms with Gasteiger partial charge in [-0.05, 0) is 69.1 Å². The Morgan fingerprint density at radius 1 is 1.00 bits per heavy atom. The van der Waals surface area contributed by atoms with Gasteiger partial charge in [-0.3, -0.25) is 4.79 Å². The maximum atomic E-state index is 11.8. The van der Waals surface area contributed by atoms with Gasteiger partial charge in [0.2, 0.25) is 10.0 Å². The zero-order chi connectivity index (χ0) is 21.5. The van der Waals surface area contributed by atoms with E-state index in [1.54, 1.807) is 12.1 Å². The fourth-order valence-electron chi connectivity index (χ4n) is 2.62. The number of amides is 1. The molecule has 0 unspecified atom stereocenters. The molecule has 2 aromatic rings. The van der Waals surface area contributed by atoms with Gasteiger partial charge in [-0.1, -0.05) is 24.3 Å². The average Bonchev–Trinajstić information content (AvgIpc) is 2.63. The number of hydrogen-bond donors (Lipinski definition) is 3. The molecule has 0 aliphatic rings. The van der Waals surface area contributed by atoms with E-state index in [4.69, 9.17) is 9.88 Å². The first-order valence-electron chi connectivity index (χ1n) is 9.38. The van der Waals surface area contributed by atoms with E-state index in [2.05, 4.69) is 10.6 Å².